The quantitative estimate of drug-likeness (QED) is 0.620. The minimum Gasteiger partial charge on any atom is -0.370 e. The number of hydrogen-bond donors (Lipinski definition) is 1. The molecule has 76 valence electrons. The summed E-state index contributed by atoms with van der Waals surface area (Å²) in [5, 5.41) is 3.56. The first kappa shape index (κ1) is 8.54. The van der Waals surface area contributed by atoms with Crippen molar-refractivity contribution in [2.75, 3.05) is 26.2 Å². The summed E-state index contributed by atoms with van der Waals surface area (Å²) in [5.74, 6) is 1.67. The minimum absolute atomic E-state index is 0.785. The lowest BCUT2D eigenvalue weighted by Gasteiger charge is -2.46. The Hall–Kier alpha value is -0.760. The van der Waals surface area contributed by atoms with Crippen LogP contribution < -0.4 is 5.32 Å². The zero-order valence-electron chi connectivity index (χ0n) is 8.79. The van der Waals surface area contributed by atoms with Crippen LogP contribution >= 0.6 is 0 Å². The molecule has 0 aliphatic carbocycles. The van der Waals surface area contributed by atoms with Crippen molar-refractivity contribution in [3.63, 3.8) is 0 Å². The number of fused-ring (bicyclic) bond motifs is 4. The standard InChI is InChI=1S/C12H18N2/c1-9-3-2-4-14-8-10-5-11(12(9)14)7-13-6-10/h2-3,10-11,13H,4-8H2,1H3. The molecule has 0 amide bonds. The zero-order chi connectivity index (χ0) is 9.54. The molecule has 2 unspecified atom stereocenters. The molecule has 3 aliphatic heterocycles. The molecular weight excluding hydrogens is 172 g/mol. The van der Waals surface area contributed by atoms with E-state index in [4.69, 9.17) is 0 Å². The van der Waals surface area contributed by atoms with Crippen LogP contribution in [0.15, 0.2) is 23.4 Å². The van der Waals surface area contributed by atoms with E-state index in [1.807, 2.05) is 0 Å². The van der Waals surface area contributed by atoms with E-state index < -0.39 is 0 Å². The SMILES string of the molecule is CC1=C2C3CNCC(C3)CN2CC=C1. The molecule has 14 heavy (non-hydrogen) atoms. The van der Waals surface area contributed by atoms with Gasteiger partial charge >= 0.3 is 0 Å². The molecule has 1 N–H and O–H groups in total. The molecule has 0 aromatic rings. The van der Waals surface area contributed by atoms with Gasteiger partial charge in [0.05, 0.1) is 0 Å². The molecule has 0 saturated carbocycles. The van der Waals surface area contributed by atoms with Crippen molar-refractivity contribution in [3.05, 3.63) is 23.4 Å². The van der Waals surface area contributed by atoms with Crippen molar-refractivity contribution in [2.45, 2.75) is 13.3 Å². The normalized spacial score (nSPS) is 35.9. The maximum absolute atomic E-state index is 3.56. The fraction of sp³-hybridized carbons (Fsp3) is 0.667. The highest BCUT2D eigenvalue weighted by Gasteiger charge is 2.34. The lowest BCUT2D eigenvalue weighted by atomic mass is 9.81. The van der Waals surface area contributed by atoms with Crippen LogP contribution in [0.2, 0.25) is 0 Å². The van der Waals surface area contributed by atoms with Crippen LogP contribution in [0.4, 0.5) is 0 Å². The zero-order valence-corrected chi connectivity index (χ0v) is 8.79. The van der Waals surface area contributed by atoms with Gasteiger partial charge in [0.1, 0.15) is 0 Å². The van der Waals surface area contributed by atoms with Gasteiger partial charge in [-0.2, -0.15) is 0 Å². The van der Waals surface area contributed by atoms with Gasteiger partial charge in [-0.25, -0.2) is 0 Å². The molecular formula is C12H18N2. The average Bonchev–Trinajstić information content (AvgIpc) is 2.17. The van der Waals surface area contributed by atoms with E-state index >= 15 is 0 Å². The molecule has 3 heterocycles. The lowest BCUT2D eigenvalue weighted by Crippen LogP contribution is -2.50. The van der Waals surface area contributed by atoms with Gasteiger partial charge in [0.2, 0.25) is 0 Å². The molecule has 0 spiro atoms. The average molecular weight is 190 g/mol. The van der Waals surface area contributed by atoms with Crippen molar-refractivity contribution >= 4 is 0 Å². The highest BCUT2D eigenvalue weighted by atomic mass is 15.2. The summed E-state index contributed by atoms with van der Waals surface area (Å²) in [4.78, 5) is 2.59. The molecule has 2 saturated heterocycles. The van der Waals surface area contributed by atoms with Crippen molar-refractivity contribution in [3.8, 4) is 0 Å². The lowest BCUT2D eigenvalue weighted by molar-refractivity contribution is 0.154. The van der Waals surface area contributed by atoms with E-state index in [1.165, 1.54) is 31.6 Å². The van der Waals surface area contributed by atoms with Crippen molar-refractivity contribution in [2.24, 2.45) is 11.8 Å². The van der Waals surface area contributed by atoms with E-state index in [2.05, 4.69) is 29.3 Å². The van der Waals surface area contributed by atoms with Crippen LogP contribution in [0.3, 0.4) is 0 Å². The summed E-state index contributed by atoms with van der Waals surface area (Å²) >= 11 is 0. The van der Waals surface area contributed by atoms with E-state index in [9.17, 15) is 0 Å². The monoisotopic (exact) mass is 190 g/mol. The van der Waals surface area contributed by atoms with E-state index in [1.54, 1.807) is 5.70 Å². The molecule has 0 radical (unpaired) electrons. The number of hydrogen-bond acceptors (Lipinski definition) is 2. The van der Waals surface area contributed by atoms with Gasteiger partial charge in [0, 0.05) is 31.2 Å². The van der Waals surface area contributed by atoms with E-state index in [-0.39, 0.29) is 0 Å². The van der Waals surface area contributed by atoms with Gasteiger partial charge in [-0.3, -0.25) is 0 Å². The van der Waals surface area contributed by atoms with Crippen LogP contribution in [0.1, 0.15) is 13.3 Å². The third-order valence-electron chi connectivity index (χ3n) is 3.75. The van der Waals surface area contributed by atoms with Gasteiger partial charge in [-0.05, 0) is 31.4 Å². The molecule has 2 nitrogen and oxygen atoms in total. The maximum Gasteiger partial charge on any atom is 0.0360 e. The topological polar surface area (TPSA) is 15.3 Å². The fourth-order valence-corrected chi connectivity index (χ4v) is 3.23. The second-order valence-electron chi connectivity index (χ2n) is 4.83. The second-order valence-corrected chi connectivity index (χ2v) is 4.83. The van der Waals surface area contributed by atoms with Gasteiger partial charge in [-0.1, -0.05) is 12.2 Å². The van der Waals surface area contributed by atoms with Crippen LogP contribution in [-0.4, -0.2) is 31.1 Å². The summed E-state index contributed by atoms with van der Waals surface area (Å²) in [6, 6.07) is 0. The Bertz CT molecular complexity index is 303. The van der Waals surface area contributed by atoms with Crippen LogP contribution in [0.5, 0.6) is 0 Å². The summed E-state index contributed by atoms with van der Waals surface area (Å²) in [5.41, 5.74) is 3.11. The number of piperidine rings is 2. The number of nitrogens with zero attached hydrogens (tertiary/aromatic N) is 1. The molecule has 3 rings (SSSR count). The Morgan fingerprint density at radius 1 is 1.43 bits per heavy atom. The summed E-state index contributed by atoms with van der Waals surface area (Å²) in [6.45, 7) is 7.07. The smallest absolute Gasteiger partial charge is 0.0360 e. The first-order chi connectivity index (χ1) is 6.84. The van der Waals surface area contributed by atoms with E-state index in [0.29, 0.717) is 0 Å². The van der Waals surface area contributed by atoms with Crippen molar-refractivity contribution in [1.82, 2.24) is 10.2 Å². The Balaban J connectivity index is 1.96. The Labute approximate surface area is 85.7 Å². The van der Waals surface area contributed by atoms with E-state index in [0.717, 1.165) is 18.4 Å². The van der Waals surface area contributed by atoms with Crippen LogP contribution in [0.25, 0.3) is 0 Å². The second kappa shape index (κ2) is 3.13. The molecule has 0 aromatic carbocycles. The van der Waals surface area contributed by atoms with Gasteiger partial charge in [0.25, 0.3) is 0 Å². The molecule has 2 fully saturated rings. The molecule has 2 bridgehead atoms. The molecule has 0 aromatic heterocycles. The van der Waals surface area contributed by atoms with Crippen molar-refractivity contribution in [1.29, 1.82) is 0 Å². The Morgan fingerprint density at radius 2 is 2.36 bits per heavy atom. The summed E-state index contributed by atoms with van der Waals surface area (Å²) < 4.78 is 0. The first-order valence-electron chi connectivity index (χ1n) is 5.67. The predicted molar refractivity (Wildman–Crippen MR) is 57.9 cm³/mol. The highest BCUT2D eigenvalue weighted by molar-refractivity contribution is 5.31. The van der Waals surface area contributed by atoms with Gasteiger partial charge < -0.3 is 10.2 Å². The van der Waals surface area contributed by atoms with Gasteiger partial charge in [-0.15, -0.1) is 0 Å². The van der Waals surface area contributed by atoms with Crippen molar-refractivity contribution < 1.29 is 0 Å². The predicted octanol–water partition coefficient (Wildman–Crippen LogP) is 1.37. The number of allylic oxidation sites excluding steroid dienone is 2. The van der Waals surface area contributed by atoms with Crippen LogP contribution in [0, 0.1) is 11.8 Å². The Kier molecular flexibility index (Phi) is 1.91. The Morgan fingerprint density at radius 3 is 3.29 bits per heavy atom. The minimum atomic E-state index is 0.785. The number of nitrogens with one attached hydrogen (secondary N) is 1. The summed E-state index contributed by atoms with van der Waals surface area (Å²) in [6.07, 6.45) is 6.00. The van der Waals surface area contributed by atoms with Crippen LogP contribution in [-0.2, 0) is 0 Å². The highest BCUT2D eigenvalue weighted by Crippen LogP contribution is 2.35. The first-order valence-corrected chi connectivity index (χ1v) is 5.67. The largest absolute Gasteiger partial charge is 0.370 e. The molecule has 2 atom stereocenters. The third-order valence-corrected chi connectivity index (χ3v) is 3.75. The number of rotatable bonds is 0. The molecule has 2 heteroatoms. The van der Waals surface area contributed by atoms with Gasteiger partial charge in [0.15, 0.2) is 0 Å². The molecule has 3 aliphatic rings. The fourth-order valence-electron chi connectivity index (χ4n) is 3.23. The maximum atomic E-state index is 3.56. The summed E-state index contributed by atoms with van der Waals surface area (Å²) in [7, 11) is 0. The third kappa shape index (κ3) is 1.21.